The van der Waals surface area contributed by atoms with Gasteiger partial charge in [0.25, 0.3) is 0 Å². The van der Waals surface area contributed by atoms with Crippen molar-refractivity contribution in [2.45, 2.75) is 42.9 Å². The van der Waals surface area contributed by atoms with Crippen LogP contribution in [0.1, 0.15) is 36.8 Å². The number of alkyl halides is 6. The monoisotopic (exact) mass is 418 g/mol. The van der Waals surface area contributed by atoms with Gasteiger partial charge in [-0.3, -0.25) is 0 Å². The van der Waals surface area contributed by atoms with Gasteiger partial charge in [0.15, 0.2) is 0 Å². The number of rotatable bonds is 6. The zero-order chi connectivity index (χ0) is 20.3. The molecule has 0 bridgehead atoms. The van der Waals surface area contributed by atoms with Crippen molar-refractivity contribution in [3.8, 4) is 0 Å². The van der Waals surface area contributed by atoms with Gasteiger partial charge in [-0.05, 0) is 57.1 Å². The van der Waals surface area contributed by atoms with Crippen molar-refractivity contribution in [1.82, 2.24) is 9.62 Å². The molecule has 1 fully saturated rings. The molecule has 11 heteroatoms. The van der Waals surface area contributed by atoms with Gasteiger partial charge >= 0.3 is 12.4 Å². The number of nitrogens with zero attached hydrogens (tertiary/aromatic N) is 1. The summed E-state index contributed by atoms with van der Waals surface area (Å²) in [7, 11) is -4.50. The van der Waals surface area contributed by atoms with E-state index in [1.807, 2.05) is 0 Å². The standard InChI is InChI=1S/C16H20F6N2O2S/c17-15(18,19)12-9-13(16(20,21)22)11-14(10-12)27(25,26)23-5-4-8-24-6-2-1-3-7-24/h9-11,23H,1-8H2. The van der Waals surface area contributed by atoms with Crippen molar-refractivity contribution in [2.24, 2.45) is 0 Å². The lowest BCUT2D eigenvalue weighted by Crippen LogP contribution is -2.33. The van der Waals surface area contributed by atoms with Crippen LogP contribution in [-0.2, 0) is 22.4 Å². The Hall–Kier alpha value is -1.33. The highest BCUT2D eigenvalue weighted by Gasteiger charge is 2.38. The van der Waals surface area contributed by atoms with E-state index in [4.69, 9.17) is 0 Å². The van der Waals surface area contributed by atoms with Crippen LogP contribution >= 0.6 is 0 Å². The Morgan fingerprint density at radius 2 is 1.41 bits per heavy atom. The SMILES string of the molecule is O=S(=O)(NCCCN1CCCCC1)c1cc(C(F)(F)F)cc(C(F)(F)F)c1. The molecular formula is C16H20F6N2O2S. The molecule has 0 saturated carbocycles. The van der Waals surface area contributed by atoms with E-state index in [1.54, 1.807) is 0 Å². The van der Waals surface area contributed by atoms with Gasteiger partial charge in [0.1, 0.15) is 0 Å². The first kappa shape index (κ1) is 22.0. The van der Waals surface area contributed by atoms with E-state index in [0.29, 0.717) is 13.0 Å². The number of benzene rings is 1. The second-order valence-corrected chi connectivity index (χ2v) is 8.16. The Bertz CT molecular complexity index is 708. The van der Waals surface area contributed by atoms with E-state index in [9.17, 15) is 34.8 Å². The first-order valence-electron chi connectivity index (χ1n) is 8.41. The number of hydrogen-bond acceptors (Lipinski definition) is 3. The lowest BCUT2D eigenvalue weighted by molar-refractivity contribution is -0.143. The molecule has 1 heterocycles. The fraction of sp³-hybridized carbons (Fsp3) is 0.625. The van der Waals surface area contributed by atoms with Gasteiger partial charge in [0.05, 0.1) is 16.0 Å². The Kier molecular flexibility index (Phi) is 6.80. The van der Waals surface area contributed by atoms with E-state index >= 15 is 0 Å². The summed E-state index contributed by atoms with van der Waals surface area (Å²) in [5.41, 5.74) is -3.32. The molecule has 1 saturated heterocycles. The molecule has 1 aromatic rings. The predicted molar refractivity (Wildman–Crippen MR) is 86.5 cm³/mol. The smallest absolute Gasteiger partial charge is 0.303 e. The third-order valence-corrected chi connectivity index (χ3v) is 5.70. The topological polar surface area (TPSA) is 49.4 Å². The van der Waals surface area contributed by atoms with E-state index in [0.717, 1.165) is 32.4 Å². The van der Waals surface area contributed by atoms with E-state index in [2.05, 4.69) is 9.62 Å². The maximum atomic E-state index is 12.8. The number of halogens is 6. The fourth-order valence-corrected chi connectivity index (χ4v) is 4.00. The largest absolute Gasteiger partial charge is 0.416 e. The van der Waals surface area contributed by atoms with Crippen LogP contribution in [0.3, 0.4) is 0 Å². The van der Waals surface area contributed by atoms with Gasteiger partial charge in [-0.15, -0.1) is 0 Å². The molecule has 1 aromatic carbocycles. The predicted octanol–water partition coefficient (Wildman–Crippen LogP) is 3.88. The molecule has 0 unspecified atom stereocenters. The molecule has 0 spiro atoms. The first-order chi connectivity index (χ1) is 12.4. The van der Waals surface area contributed by atoms with Gasteiger partial charge in [-0.2, -0.15) is 26.3 Å². The van der Waals surface area contributed by atoms with Crippen LogP contribution in [0.25, 0.3) is 0 Å². The van der Waals surface area contributed by atoms with E-state index in [-0.39, 0.29) is 24.7 Å². The Balaban J connectivity index is 2.11. The summed E-state index contributed by atoms with van der Waals surface area (Å²) in [6.45, 7) is 2.33. The minimum Gasteiger partial charge on any atom is -0.303 e. The number of nitrogens with one attached hydrogen (secondary N) is 1. The summed E-state index contributed by atoms with van der Waals surface area (Å²) >= 11 is 0. The average molecular weight is 418 g/mol. The van der Waals surface area contributed by atoms with Crippen LogP contribution in [0.5, 0.6) is 0 Å². The van der Waals surface area contributed by atoms with Gasteiger partial charge < -0.3 is 4.90 Å². The molecule has 4 nitrogen and oxygen atoms in total. The second kappa shape index (κ2) is 8.36. The van der Waals surface area contributed by atoms with Crippen molar-refractivity contribution >= 4 is 10.0 Å². The normalized spacial score (nSPS) is 17.3. The fourth-order valence-electron chi connectivity index (χ4n) is 2.86. The molecule has 154 valence electrons. The third kappa shape index (κ3) is 6.35. The zero-order valence-corrected chi connectivity index (χ0v) is 15.1. The molecule has 0 amide bonds. The van der Waals surface area contributed by atoms with Crippen molar-refractivity contribution in [3.05, 3.63) is 29.3 Å². The van der Waals surface area contributed by atoms with Crippen molar-refractivity contribution in [1.29, 1.82) is 0 Å². The highest BCUT2D eigenvalue weighted by Crippen LogP contribution is 2.37. The summed E-state index contributed by atoms with van der Waals surface area (Å²) in [6.07, 6.45) is -6.55. The number of hydrogen-bond donors (Lipinski definition) is 1. The van der Waals surface area contributed by atoms with E-state index in [1.165, 1.54) is 0 Å². The second-order valence-electron chi connectivity index (χ2n) is 6.40. The molecule has 27 heavy (non-hydrogen) atoms. The maximum absolute atomic E-state index is 12.8. The van der Waals surface area contributed by atoms with Gasteiger partial charge in [-0.25, -0.2) is 13.1 Å². The molecule has 1 aliphatic rings. The highest BCUT2D eigenvalue weighted by atomic mass is 32.2. The average Bonchev–Trinajstić information content (AvgIpc) is 2.58. The van der Waals surface area contributed by atoms with Crippen LogP contribution in [0.15, 0.2) is 23.1 Å². The number of piperidine rings is 1. The summed E-state index contributed by atoms with van der Waals surface area (Å²) in [5, 5.41) is 0. The van der Waals surface area contributed by atoms with Crippen LogP contribution in [-0.4, -0.2) is 39.5 Å². The quantitative estimate of drug-likeness (QED) is 0.564. The molecule has 0 radical (unpaired) electrons. The lowest BCUT2D eigenvalue weighted by Gasteiger charge is -2.26. The molecular weight excluding hydrogens is 398 g/mol. The van der Waals surface area contributed by atoms with Gasteiger partial charge in [0.2, 0.25) is 10.0 Å². The van der Waals surface area contributed by atoms with Crippen LogP contribution in [0.4, 0.5) is 26.3 Å². The summed E-state index contributed by atoms with van der Waals surface area (Å²) in [4.78, 5) is 1.09. The lowest BCUT2D eigenvalue weighted by atomic mass is 10.1. The Labute approximate surface area is 153 Å². The summed E-state index contributed by atoms with van der Waals surface area (Å²) in [6, 6.07) is 0.319. The van der Waals surface area contributed by atoms with Crippen LogP contribution in [0, 0.1) is 0 Å². The van der Waals surface area contributed by atoms with Crippen LogP contribution < -0.4 is 4.72 Å². The Morgan fingerprint density at radius 3 is 1.89 bits per heavy atom. The minimum absolute atomic E-state index is 0.0730. The van der Waals surface area contributed by atoms with Crippen LogP contribution in [0.2, 0.25) is 0 Å². The summed E-state index contributed by atoms with van der Waals surface area (Å²) < 4.78 is 104. The maximum Gasteiger partial charge on any atom is 0.416 e. The molecule has 0 aromatic heterocycles. The van der Waals surface area contributed by atoms with Gasteiger partial charge in [0, 0.05) is 6.54 Å². The minimum atomic E-state index is -5.10. The summed E-state index contributed by atoms with van der Waals surface area (Å²) in [5.74, 6) is 0. The third-order valence-electron chi connectivity index (χ3n) is 4.26. The molecule has 0 atom stereocenters. The Morgan fingerprint density at radius 1 is 0.889 bits per heavy atom. The van der Waals surface area contributed by atoms with Gasteiger partial charge in [-0.1, -0.05) is 6.42 Å². The van der Waals surface area contributed by atoms with E-state index < -0.39 is 38.4 Å². The van der Waals surface area contributed by atoms with Crippen molar-refractivity contribution < 1.29 is 34.8 Å². The number of likely N-dealkylation sites (tertiary alicyclic amines) is 1. The zero-order valence-electron chi connectivity index (χ0n) is 14.3. The number of sulfonamides is 1. The van der Waals surface area contributed by atoms with Crippen molar-refractivity contribution in [2.75, 3.05) is 26.2 Å². The highest BCUT2D eigenvalue weighted by molar-refractivity contribution is 7.89. The first-order valence-corrected chi connectivity index (χ1v) is 9.89. The molecule has 0 aliphatic carbocycles. The molecule has 1 aliphatic heterocycles. The molecule has 2 rings (SSSR count). The molecule has 1 N–H and O–H groups in total. The van der Waals surface area contributed by atoms with Crippen molar-refractivity contribution in [3.63, 3.8) is 0 Å².